The lowest BCUT2D eigenvalue weighted by Gasteiger charge is -2.53. The normalized spacial score (nSPS) is 24.1. The van der Waals surface area contributed by atoms with E-state index in [0.29, 0.717) is 18.7 Å². The maximum Gasteiger partial charge on any atom is 0.269 e. The van der Waals surface area contributed by atoms with Gasteiger partial charge in [0.05, 0.1) is 9.85 Å². The third kappa shape index (κ3) is 2.55. The summed E-state index contributed by atoms with van der Waals surface area (Å²) >= 11 is 0. The highest BCUT2D eigenvalue weighted by Gasteiger charge is 2.64. The average Bonchev–Trinajstić information content (AvgIpc) is 3.18. The summed E-state index contributed by atoms with van der Waals surface area (Å²) in [4.78, 5) is 35.2. The highest BCUT2D eigenvalue weighted by atomic mass is 16.6. The van der Waals surface area contributed by atoms with E-state index in [2.05, 4.69) is 0 Å². The van der Waals surface area contributed by atoms with Crippen molar-refractivity contribution < 1.29 is 19.4 Å². The van der Waals surface area contributed by atoms with Crippen molar-refractivity contribution in [1.29, 1.82) is 0 Å². The zero-order valence-electron chi connectivity index (χ0n) is 14.1. The number of hydrogen-bond donors (Lipinski definition) is 0. The Kier molecular flexibility index (Phi) is 3.88. The van der Waals surface area contributed by atoms with Crippen LogP contribution in [0.3, 0.4) is 0 Å². The van der Waals surface area contributed by atoms with Crippen molar-refractivity contribution in [3.05, 3.63) is 74.3 Å². The van der Waals surface area contributed by atoms with E-state index in [1.807, 2.05) is 0 Å². The highest BCUT2D eigenvalue weighted by molar-refractivity contribution is 6.08. The minimum Gasteiger partial charge on any atom is -0.363 e. The molecule has 2 saturated heterocycles. The molecule has 0 aromatic heterocycles. The second-order valence-corrected chi connectivity index (χ2v) is 6.54. The number of β-lactam (4-membered cyclic amide) rings is 1. The molecule has 0 radical (unpaired) electrons. The summed E-state index contributed by atoms with van der Waals surface area (Å²) < 4.78 is 5.81. The average molecular weight is 369 g/mol. The summed E-state index contributed by atoms with van der Waals surface area (Å²) in [5, 5.41) is 21.8. The number of rotatable bonds is 4. The van der Waals surface area contributed by atoms with Crippen LogP contribution in [-0.2, 0) is 9.53 Å². The number of nitrogens with zero attached hydrogens (tertiary/aromatic N) is 3. The highest BCUT2D eigenvalue weighted by Crippen LogP contribution is 2.53. The van der Waals surface area contributed by atoms with E-state index in [1.54, 1.807) is 12.1 Å². The van der Waals surface area contributed by atoms with Crippen molar-refractivity contribution in [1.82, 2.24) is 0 Å². The molecule has 2 aliphatic rings. The van der Waals surface area contributed by atoms with E-state index >= 15 is 0 Å². The van der Waals surface area contributed by atoms with Gasteiger partial charge in [-0.15, -0.1) is 0 Å². The van der Waals surface area contributed by atoms with Crippen molar-refractivity contribution in [3.63, 3.8) is 0 Å². The van der Waals surface area contributed by atoms with E-state index < -0.39 is 21.5 Å². The number of ether oxygens (including phenoxy) is 1. The molecular formula is C18H15N3O6. The molecule has 1 spiro atoms. The SMILES string of the molecule is O=C1N(c2ccc([N+](=O)[O-])cc2)[C@@H](c2ccc([N+](=O)[O-])cc2)[C@@]12CCCO2. The van der Waals surface area contributed by atoms with Gasteiger partial charge in [0.1, 0.15) is 6.04 Å². The van der Waals surface area contributed by atoms with Gasteiger partial charge in [0, 0.05) is 36.6 Å². The fourth-order valence-corrected chi connectivity index (χ4v) is 3.82. The molecule has 2 atom stereocenters. The molecule has 27 heavy (non-hydrogen) atoms. The standard InChI is InChI=1S/C18H15N3O6/c22-17-18(10-1-11-27-18)16(12-2-4-14(5-3-12)20(23)24)19(17)13-6-8-15(9-7-13)21(25)26/h2-9,16H,1,10-11H2/t16-,18-/m0/s1. The summed E-state index contributed by atoms with van der Waals surface area (Å²) in [5.41, 5.74) is 0.173. The monoisotopic (exact) mass is 369 g/mol. The van der Waals surface area contributed by atoms with E-state index in [0.717, 1.165) is 12.0 Å². The second kappa shape index (κ2) is 6.13. The quantitative estimate of drug-likeness (QED) is 0.464. The Morgan fingerprint density at radius 3 is 2.00 bits per heavy atom. The predicted molar refractivity (Wildman–Crippen MR) is 94.3 cm³/mol. The van der Waals surface area contributed by atoms with Crippen molar-refractivity contribution in [2.75, 3.05) is 11.5 Å². The molecular weight excluding hydrogens is 354 g/mol. The van der Waals surface area contributed by atoms with Crippen LogP contribution in [0.2, 0.25) is 0 Å². The second-order valence-electron chi connectivity index (χ2n) is 6.54. The molecule has 2 aromatic rings. The minimum atomic E-state index is -0.974. The van der Waals surface area contributed by atoms with Crippen LogP contribution < -0.4 is 4.90 Å². The van der Waals surface area contributed by atoms with Gasteiger partial charge >= 0.3 is 0 Å². The van der Waals surface area contributed by atoms with Crippen LogP contribution in [0.5, 0.6) is 0 Å². The summed E-state index contributed by atoms with van der Waals surface area (Å²) in [6.07, 6.45) is 1.32. The van der Waals surface area contributed by atoms with Crippen LogP contribution in [-0.4, -0.2) is 28.0 Å². The Morgan fingerprint density at radius 1 is 0.963 bits per heavy atom. The number of nitro benzene ring substituents is 2. The number of hydrogen-bond acceptors (Lipinski definition) is 6. The molecule has 0 unspecified atom stereocenters. The Hall–Kier alpha value is -3.33. The molecule has 9 nitrogen and oxygen atoms in total. The number of carbonyl (C=O) groups is 1. The van der Waals surface area contributed by atoms with Gasteiger partial charge in [0.2, 0.25) is 0 Å². The Balaban J connectivity index is 1.72. The van der Waals surface area contributed by atoms with E-state index in [-0.39, 0.29) is 17.3 Å². The fourth-order valence-electron chi connectivity index (χ4n) is 3.82. The van der Waals surface area contributed by atoms with Crippen molar-refractivity contribution in [3.8, 4) is 0 Å². The maximum atomic E-state index is 12.9. The number of nitro groups is 2. The fraction of sp³-hybridized carbons (Fsp3) is 0.278. The number of non-ortho nitro benzene ring substituents is 2. The molecule has 2 fully saturated rings. The Labute approximate surface area is 153 Å². The molecule has 0 N–H and O–H groups in total. The van der Waals surface area contributed by atoms with E-state index in [4.69, 9.17) is 4.74 Å². The first-order chi connectivity index (χ1) is 12.9. The molecule has 0 bridgehead atoms. The number of amides is 1. The van der Waals surface area contributed by atoms with Gasteiger partial charge < -0.3 is 4.74 Å². The largest absolute Gasteiger partial charge is 0.363 e. The van der Waals surface area contributed by atoms with Gasteiger partial charge in [-0.25, -0.2) is 0 Å². The summed E-state index contributed by atoms with van der Waals surface area (Å²) in [6, 6.07) is 11.3. The van der Waals surface area contributed by atoms with Gasteiger partial charge in [-0.2, -0.15) is 0 Å². The van der Waals surface area contributed by atoms with Crippen LogP contribution in [0.1, 0.15) is 24.4 Å². The van der Waals surface area contributed by atoms with Gasteiger partial charge in [0.15, 0.2) is 5.60 Å². The van der Waals surface area contributed by atoms with Crippen molar-refractivity contribution in [2.24, 2.45) is 0 Å². The van der Waals surface area contributed by atoms with Crippen LogP contribution in [0.4, 0.5) is 17.1 Å². The van der Waals surface area contributed by atoms with Crippen LogP contribution in [0.25, 0.3) is 0 Å². The lowest BCUT2D eigenvalue weighted by molar-refractivity contribution is -0.385. The third-order valence-corrected chi connectivity index (χ3v) is 5.09. The van der Waals surface area contributed by atoms with Crippen LogP contribution in [0, 0.1) is 20.2 Å². The van der Waals surface area contributed by atoms with Gasteiger partial charge in [-0.05, 0) is 42.7 Å². The van der Waals surface area contributed by atoms with E-state index in [9.17, 15) is 25.0 Å². The molecule has 138 valence electrons. The molecule has 0 saturated carbocycles. The van der Waals surface area contributed by atoms with Crippen molar-refractivity contribution >= 4 is 23.0 Å². The Bertz CT molecular complexity index is 919. The molecule has 4 rings (SSSR count). The summed E-state index contributed by atoms with van der Waals surface area (Å²) in [6.45, 7) is 0.476. The summed E-state index contributed by atoms with van der Waals surface area (Å²) in [7, 11) is 0. The first-order valence-electron chi connectivity index (χ1n) is 8.40. The number of anilines is 1. The third-order valence-electron chi connectivity index (χ3n) is 5.09. The lowest BCUT2D eigenvalue weighted by Crippen LogP contribution is -2.68. The smallest absolute Gasteiger partial charge is 0.269 e. The maximum absolute atomic E-state index is 12.9. The predicted octanol–water partition coefficient (Wildman–Crippen LogP) is 3.14. The Morgan fingerprint density at radius 2 is 1.52 bits per heavy atom. The van der Waals surface area contributed by atoms with Crippen LogP contribution in [0.15, 0.2) is 48.5 Å². The lowest BCUT2D eigenvalue weighted by atomic mass is 9.75. The van der Waals surface area contributed by atoms with Crippen LogP contribution >= 0.6 is 0 Å². The topological polar surface area (TPSA) is 116 Å². The van der Waals surface area contributed by atoms with Crippen molar-refractivity contribution in [2.45, 2.75) is 24.5 Å². The first kappa shape index (κ1) is 17.1. The van der Waals surface area contributed by atoms with Gasteiger partial charge in [0.25, 0.3) is 17.3 Å². The molecule has 9 heteroatoms. The molecule has 0 aliphatic carbocycles. The first-order valence-corrected chi connectivity index (χ1v) is 8.40. The van der Waals surface area contributed by atoms with E-state index in [1.165, 1.54) is 41.3 Å². The molecule has 1 amide bonds. The minimum absolute atomic E-state index is 0.0346. The molecule has 2 heterocycles. The zero-order chi connectivity index (χ0) is 19.2. The van der Waals surface area contributed by atoms with Gasteiger partial charge in [-0.3, -0.25) is 29.9 Å². The van der Waals surface area contributed by atoms with Gasteiger partial charge in [-0.1, -0.05) is 0 Å². The summed E-state index contributed by atoms with van der Waals surface area (Å²) in [5.74, 6) is -0.197. The molecule has 2 aliphatic heterocycles. The zero-order valence-corrected chi connectivity index (χ0v) is 14.1. The number of benzene rings is 2. The number of carbonyl (C=O) groups excluding carboxylic acids is 1. The molecule has 2 aromatic carbocycles.